The lowest BCUT2D eigenvalue weighted by Gasteiger charge is -2.18. The topological polar surface area (TPSA) is 61.8 Å². The Morgan fingerprint density at radius 2 is 0.800 bits per heavy atom. The molecule has 0 saturated carbocycles. The molecule has 60 heavy (non-hydrogen) atoms. The molecular formula is C55H96O5. The van der Waals surface area contributed by atoms with Crippen LogP contribution in [-0.4, -0.2) is 37.9 Å². The maximum atomic E-state index is 12.7. The summed E-state index contributed by atoms with van der Waals surface area (Å²) in [6.45, 7) is 7.59. The normalized spacial score (nSPS) is 12.8. The van der Waals surface area contributed by atoms with E-state index in [0.717, 1.165) is 64.2 Å². The Morgan fingerprint density at radius 3 is 1.32 bits per heavy atom. The summed E-state index contributed by atoms with van der Waals surface area (Å²) >= 11 is 0. The summed E-state index contributed by atoms with van der Waals surface area (Å²) in [5, 5.41) is 0. The summed E-state index contributed by atoms with van der Waals surface area (Å²) in [6.07, 6.45) is 65.0. The lowest BCUT2D eigenvalue weighted by Crippen LogP contribution is -2.30. The molecule has 0 heterocycles. The van der Waals surface area contributed by atoms with Gasteiger partial charge in [-0.1, -0.05) is 209 Å². The van der Waals surface area contributed by atoms with E-state index in [-0.39, 0.29) is 25.2 Å². The van der Waals surface area contributed by atoms with Crippen molar-refractivity contribution in [2.24, 2.45) is 0 Å². The van der Waals surface area contributed by atoms with Gasteiger partial charge in [-0.05, 0) is 89.9 Å². The Morgan fingerprint density at radius 1 is 0.383 bits per heavy atom. The van der Waals surface area contributed by atoms with Gasteiger partial charge in [0.1, 0.15) is 6.61 Å². The quantitative estimate of drug-likeness (QED) is 0.0347. The molecular weight excluding hydrogens is 741 g/mol. The molecule has 5 nitrogen and oxygen atoms in total. The minimum atomic E-state index is -0.570. The van der Waals surface area contributed by atoms with Gasteiger partial charge in [0.05, 0.1) is 6.61 Å². The number of esters is 2. The van der Waals surface area contributed by atoms with Crippen molar-refractivity contribution in [2.45, 2.75) is 245 Å². The van der Waals surface area contributed by atoms with Crippen LogP contribution in [0.3, 0.4) is 0 Å². The number of hydrogen-bond acceptors (Lipinski definition) is 5. The highest BCUT2D eigenvalue weighted by molar-refractivity contribution is 5.70. The zero-order valence-corrected chi connectivity index (χ0v) is 39.7. The second kappa shape index (κ2) is 50.7. The number of carbonyl (C=O) groups excluding carboxylic acids is 2. The first-order chi connectivity index (χ1) is 29.6. The zero-order valence-electron chi connectivity index (χ0n) is 39.7. The maximum absolute atomic E-state index is 12.7. The lowest BCUT2D eigenvalue weighted by atomic mass is 10.1. The standard InChI is InChI=1S/C55H96O5/c1-4-7-10-13-16-19-22-24-25-26-27-28-29-30-32-35-38-41-44-47-50-58-51-53(60-55(57)49-46-43-40-37-33-21-18-15-12-9-6-3)52-59-54(56)48-45-42-39-36-34-31-23-20-17-14-11-8-5-2/h8,11,15,17-18,20,24-25,31,34,39,42,53H,4-7,9-10,12-14,16,19,21-23,26-30,32-33,35-38,40-41,43-52H2,1-3H3/b11-8-,18-15-,20-17-,25-24-,34-31-,42-39-. The van der Waals surface area contributed by atoms with Gasteiger partial charge in [-0.15, -0.1) is 0 Å². The summed E-state index contributed by atoms with van der Waals surface area (Å²) in [4.78, 5) is 25.3. The molecule has 0 aliphatic carbocycles. The predicted molar refractivity (Wildman–Crippen MR) is 260 cm³/mol. The average molecular weight is 837 g/mol. The van der Waals surface area contributed by atoms with Gasteiger partial charge in [0.2, 0.25) is 0 Å². The van der Waals surface area contributed by atoms with Crippen molar-refractivity contribution in [2.75, 3.05) is 19.8 Å². The number of rotatable bonds is 46. The van der Waals surface area contributed by atoms with E-state index in [1.54, 1.807) is 0 Å². The molecule has 0 amide bonds. The highest BCUT2D eigenvalue weighted by Gasteiger charge is 2.17. The molecule has 0 bridgehead atoms. The monoisotopic (exact) mass is 837 g/mol. The van der Waals surface area contributed by atoms with E-state index in [1.165, 1.54) is 135 Å². The van der Waals surface area contributed by atoms with Gasteiger partial charge in [-0.2, -0.15) is 0 Å². The molecule has 0 radical (unpaired) electrons. The Labute approximate surface area is 372 Å². The number of carbonyl (C=O) groups is 2. The molecule has 0 aromatic heterocycles. The molecule has 0 saturated heterocycles. The van der Waals surface area contributed by atoms with Crippen molar-refractivity contribution in [3.63, 3.8) is 0 Å². The molecule has 0 fully saturated rings. The fourth-order valence-electron chi connectivity index (χ4n) is 6.91. The molecule has 0 aliphatic heterocycles. The fourth-order valence-corrected chi connectivity index (χ4v) is 6.91. The number of hydrogen-bond donors (Lipinski definition) is 0. The van der Waals surface area contributed by atoms with Crippen LogP contribution in [0.4, 0.5) is 0 Å². The lowest BCUT2D eigenvalue weighted by molar-refractivity contribution is -0.162. The van der Waals surface area contributed by atoms with Crippen LogP contribution in [0.25, 0.3) is 0 Å². The van der Waals surface area contributed by atoms with Gasteiger partial charge in [-0.3, -0.25) is 9.59 Å². The van der Waals surface area contributed by atoms with E-state index in [0.29, 0.717) is 25.9 Å². The first-order valence-electron chi connectivity index (χ1n) is 25.5. The first kappa shape index (κ1) is 57.3. The van der Waals surface area contributed by atoms with Crippen molar-refractivity contribution < 1.29 is 23.8 Å². The largest absolute Gasteiger partial charge is 0.462 e. The Hall–Kier alpha value is -2.66. The second-order valence-corrected chi connectivity index (χ2v) is 16.7. The molecule has 1 atom stereocenters. The van der Waals surface area contributed by atoms with Crippen molar-refractivity contribution in [1.29, 1.82) is 0 Å². The Bertz CT molecular complexity index is 1080. The molecule has 0 N–H and O–H groups in total. The van der Waals surface area contributed by atoms with Gasteiger partial charge in [0.15, 0.2) is 6.10 Å². The SMILES string of the molecule is CC/C=C\C/C=C\C/C=C\C/C=C\CCC(=O)OCC(COCCCCCCCCCCCC/C=C\CCCCCCCC)OC(=O)CCCCCCC/C=C\CCCC. The average Bonchev–Trinajstić information content (AvgIpc) is 3.25. The molecule has 0 rings (SSSR count). The van der Waals surface area contributed by atoms with Crippen LogP contribution in [0.1, 0.15) is 239 Å². The number of allylic oxidation sites excluding steroid dienone is 12. The smallest absolute Gasteiger partial charge is 0.306 e. The minimum absolute atomic E-state index is 0.0422. The van der Waals surface area contributed by atoms with Crippen LogP contribution < -0.4 is 0 Å². The molecule has 1 unspecified atom stereocenters. The van der Waals surface area contributed by atoms with E-state index >= 15 is 0 Å². The first-order valence-corrected chi connectivity index (χ1v) is 25.5. The van der Waals surface area contributed by atoms with Crippen molar-refractivity contribution >= 4 is 11.9 Å². The molecule has 0 spiro atoms. The third kappa shape index (κ3) is 48.0. The molecule has 5 heteroatoms. The van der Waals surface area contributed by atoms with Gasteiger partial charge in [0.25, 0.3) is 0 Å². The van der Waals surface area contributed by atoms with Crippen LogP contribution in [0.2, 0.25) is 0 Å². The summed E-state index contributed by atoms with van der Waals surface area (Å²) in [6, 6.07) is 0. The number of ether oxygens (including phenoxy) is 3. The van der Waals surface area contributed by atoms with Crippen LogP contribution in [0.5, 0.6) is 0 Å². The molecule has 0 aromatic carbocycles. The Balaban J connectivity index is 4.27. The summed E-state index contributed by atoms with van der Waals surface area (Å²) in [5.74, 6) is -0.501. The summed E-state index contributed by atoms with van der Waals surface area (Å²) < 4.78 is 17.3. The van der Waals surface area contributed by atoms with Crippen molar-refractivity contribution in [3.8, 4) is 0 Å². The third-order valence-electron chi connectivity index (χ3n) is 10.7. The summed E-state index contributed by atoms with van der Waals surface area (Å²) in [5.41, 5.74) is 0. The van der Waals surface area contributed by atoms with E-state index < -0.39 is 6.10 Å². The molecule has 0 aromatic rings. The second-order valence-electron chi connectivity index (χ2n) is 16.7. The van der Waals surface area contributed by atoms with E-state index in [9.17, 15) is 9.59 Å². The highest BCUT2D eigenvalue weighted by atomic mass is 16.6. The van der Waals surface area contributed by atoms with Crippen molar-refractivity contribution in [1.82, 2.24) is 0 Å². The fraction of sp³-hybridized carbons (Fsp3) is 0.745. The number of unbranched alkanes of at least 4 members (excludes halogenated alkanes) is 23. The van der Waals surface area contributed by atoms with Gasteiger partial charge >= 0.3 is 11.9 Å². The zero-order chi connectivity index (χ0) is 43.5. The van der Waals surface area contributed by atoms with E-state index in [4.69, 9.17) is 14.2 Å². The van der Waals surface area contributed by atoms with Crippen LogP contribution in [0, 0.1) is 0 Å². The predicted octanol–water partition coefficient (Wildman–Crippen LogP) is 17.1. The van der Waals surface area contributed by atoms with Crippen LogP contribution >= 0.6 is 0 Å². The van der Waals surface area contributed by atoms with Crippen LogP contribution in [0.15, 0.2) is 72.9 Å². The highest BCUT2D eigenvalue weighted by Crippen LogP contribution is 2.14. The van der Waals surface area contributed by atoms with Gasteiger partial charge in [0, 0.05) is 19.4 Å². The van der Waals surface area contributed by atoms with Crippen LogP contribution in [-0.2, 0) is 23.8 Å². The molecule has 0 aliphatic rings. The van der Waals surface area contributed by atoms with E-state index in [1.807, 2.05) is 6.08 Å². The van der Waals surface area contributed by atoms with Gasteiger partial charge < -0.3 is 14.2 Å². The summed E-state index contributed by atoms with van der Waals surface area (Å²) in [7, 11) is 0. The van der Waals surface area contributed by atoms with Crippen molar-refractivity contribution in [3.05, 3.63) is 72.9 Å². The maximum Gasteiger partial charge on any atom is 0.306 e. The minimum Gasteiger partial charge on any atom is -0.462 e. The third-order valence-corrected chi connectivity index (χ3v) is 10.7. The van der Waals surface area contributed by atoms with E-state index in [2.05, 4.69) is 87.6 Å². The van der Waals surface area contributed by atoms with Gasteiger partial charge in [-0.25, -0.2) is 0 Å². The molecule has 346 valence electrons. The Kier molecular flexibility index (Phi) is 48.4.